The number of carbonyl (C=O) groups excluding carboxylic acids is 1. The first-order valence-electron chi connectivity index (χ1n) is 14.6. The van der Waals surface area contributed by atoms with E-state index < -0.39 is 43.8 Å². The number of rotatable bonds is 11. The average Bonchev–Trinajstić information content (AvgIpc) is 2.99. The van der Waals surface area contributed by atoms with Crippen LogP contribution in [0.5, 0.6) is 5.75 Å². The van der Waals surface area contributed by atoms with Crippen LogP contribution >= 0.6 is 9.90 Å². The number of methoxy groups -OCH3 is 1. The number of thiol groups is 1. The fraction of sp³-hybridized carbons (Fsp3) is 0.375. The third-order valence-corrected chi connectivity index (χ3v) is 8.08. The largest absolute Gasteiger partial charge is 0.813 e. The third-order valence-electron chi connectivity index (χ3n) is 6.67. The van der Waals surface area contributed by atoms with Gasteiger partial charge in [-0.05, 0) is 27.2 Å². The van der Waals surface area contributed by atoms with Gasteiger partial charge in [0, 0.05) is 6.54 Å². The number of unbranched alkanes of at least 4 members (excludes halogenated alkanes) is 2. The number of ether oxygens (including phenoxy) is 3. The number of hydrazine groups is 1. The van der Waals surface area contributed by atoms with Gasteiger partial charge in [0.15, 0.2) is 0 Å². The van der Waals surface area contributed by atoms with E-state index in [1.54, 1.807) is 26.8 Å². The van der Waals surface area contributed by atoms with Gasteiger partial charge in [-0.3, -0.25) is 0 Å². The molecule has 0 aliphatic carbocycles. The summed E-state index contributed by atoms with van der Waals surface area (Å²) in [6, 6.07) is 5.91. The molecule has 0 saturated carbocycles. The van der Waals surface area contributed by atoms with Crippen LogP contribution < -0.4 is 10.2 Å². The summed E-state index contributed by atoms with van der Waals surface area (Å²) in [4.78, 5) is 25.8. The zero-order chi connectivity index (χ0) is 34.5. The Balaban J connectivity index is 0.00000417. The van der Waals surface area contributed by atoms with Crippen molar-refractivity contribution in [2.24, 2.45) is 0 Å². The maximum Gasteiger partial charge on any atom is 0.429 e. The fourth-order valence-electron chi connectivity index (χ4n) is 4.64. The van der Waals surface area contributed by atoms with Crippen molar-refractivity contribution in [3.05, 3.63) is 47.7 Å². The standard InChI is InChI=1S/C32H34F2N5O6S.H3P.H2S.Tl/c1-8-10-11-14-39(31(40)45-32(3,4)5)38-29-23-17-35-27(26(34)28(23)36-30(37-29)46(7,41)42)22-16-20(44-18-43-6)15-19-12-13-24(33)21(9-2)25(19)22;;;/h12-13,15-17H,8,10-11,14,18H2,1,3-7H3,(H,36,37,38);1H3;1H2;/p-1. The van der Waals surface area contributed by atoms with Gasteiger partial charge in [-0.2, -0.15) is 9.90 Å². The molecule has 2 aromatic heterocycles. The number of hydrogen-bond donors (Lipinski definition) is 1. The molecule has 0 saturated heterocycles. The summed E-state index contributed by atoms with van der Waals surface area (Å²) < 4.78 is 76.3. The normalized spacial score (nSPS) is 11.2. The van der Waals surface area contributed by atoms with E-state index in [1.165, 1.54) is 31.5 Å². The molecule has 0 radical (unpaired) electrons. The van der Waals surface area contributed by atoms with E-state index >= 15 is 8.78 Å². The minimum absolute atomic E-state index is 0. The summed E-state index contributed by atoms with van der Waals surface area (Å²) in [7, 11) is -2.62. The summed E-state index contributed by atoms with van der Waals surface area (Å²) >= 11 is 0.247. The predicted molar refractivity (Wildman–Crippen MR) is 194 cm³/mol. The molecule has 0 aliphatic heterocycles. The van der Waals surface area contributed by atoms with E-state index in [4.69, 9.17) is 14.2 Å². The number of benzene rings is 2. The van der Waals surface area contributed by atoms with E-state index in [2.05, 4.69) is 29.8 Å². The first-order valence-corrected chi connectivity index (χ1v) is 18.8. The summed E-state index contributed by atoms with van der Waals surface area (Å²) in [5.41, 5.74) is 1.55. The fourth-order valence-corrected chi connectivity index (χ4v) is 5.71. The van der Waals surface area contributed by atoms with Gasteiger partial charge < -0.3 is 18.2 Å². The smallest absolute Gasteiger partial charge is 0.429 e. The quantitative estimate of drug-likeness (QED) is 0.0235. The molecule has 2 aromatic carbocycles. The van der Waals surface area contributed by atoms with Crippen LogP contribution in [0.3, 0.4) is 0 Å². The topological polar surface area (TPSA) is 133 Å². The van der Waals surface area contributed by atoms with Crippen molar-refractivity contribution in [1.82, 2.24) is 20.0 Å². The van der Waals surface area contributed by atoms with Crippen molar-refractivity contribution in [3.8, 4) is 26.4 Å². The molecule has 0 bridgehead atoms. The molecule has 1 atom stereocenters. The summed E-state index contributed by atoms with van der Waals surface area (Å²) in [5.74, 6) is 1.33. The number of pyridine rings is 1. The molecular formula is C32H38F2N5O6PS2Tl-. The SMILES string of the molecule is CCCCCN(Nc1nc(S(C)(=O)=O)nc2c(F)c(-c3cc(OCOC)cc4ccc(F)c(C#[C][Tl])c34)ncc12)C(=O)OC(C)(C)C.P.[SH-]. The van der Waals surface area contributed by atoms with Crippen LogP contribution in [-0.2, 0) is 32.8 Å². The van der Waals surface area contributed by atoms with Crippen molar-refractivity contribution in [2.45, 2.75) is 57.7 Å². The number of amides is 1. The maximum atomic E-state index is 16.7. The van der Waals surface area contributed by atoms with Gasteiger partial charge in [-0.15, -0.1) is 0 Å². The Labute approximate surface area is 310 Å². The van der Waals surface area contributed by atoms with Crippen LogP contribution in [0.25, 0.3) is 32.9 Å². The Hall–Kier alpha value is -2.91. The van der Waals surface area contributed by atoms with Crippen LogP contribution in [0, 0.1) is 21.0 Å². The number of fused-ring (bicyclic) bond motifs is 2. The summed E-state index contributed by atoms with van der Waals surface area (Å²) in [5, 5.41) is 1.26. The Morgan fingerprint density at radius 1 is 1.14 bits per heavy atom. The molecule has 4 aromatic rings. The van der Waals surface area contributed by atoms with Gasteiger partial charge in [-0.25, -0.2) is 4.79 Å². The molecule has 0 aliphatic rings. The van der Waals surface area contributed by atoms with E-state index in [9.17, 15) is 13.2 Å². The first kappa shape index (κ1) is 42.3. The number of aromatic nitrogens is 3. The number of hydrogen-bond acceptors (Lipinski definition) is 11. The van der Waals surface area contributed by atoms with Crippen LogP contribution in [-0.4, -0.2) is 92.5 Å². The number of halogens is 2. The number of nitrogens with zero attached hydrogens (tertiary/aromatic N) is 4. The molecule has 1 N–H and O–H groups in total. The predicted octanol–water partition coefficient (Wildman–Crippen LogP) is 5.53. The van der Waals surface area contributed by atoms with Crippen LogP contribution in [0.2, 0.25) is 0 Å². The molecule has 49 heavy (non-hydrogen) atoms. The van der Waals surface area contributed by atoms with E-state index in [0.29, 0.717) is 11.8 Å². The minimum atomic E-state index is -4.07. The Kier molecular flexibility index (Phi) is 15.4. The Morgan fingerprint density at radius 2 is 1.86 bits per heavy atom. The molecule has 262 valence electrons. The molecule has 0 spiro atoms. The molecule has 4 rings (SSSR count). The van der Waals surface area contributed by atoms with Crippen molar-refractivity contribution in [3.63, 3.8) is 0 Å². The number of sulfone groups is 1. The molecule has 0 fully saturated rings. The molecule has 2 heterocycles. The number of anilines is 1. The molecule has 1 amide bonds. The summed E-state index contributed by atoms with van der Waals surface area (Å²) in [6.07, 6.45) is 3.68. The van der Waals surface area contributed by atoms with Gasteiger partial charge in [-0.1, -0.05) is 19.8 Å². The minimum Gasteiger partial charge on any atom is -0.813 e. The first-order chi connectivity index (χ1) is 22.2. The van der Waals surface area contributed by atoms with Gasteiger partial charge in [0.1, 0.15) is 5.60 Å². The Morgan fingerprint density at radius 3 is 2.47 bits per heavy atom. The van der Waals surface area contributed by atoms with E-state index in [0.717, 1.165) is 24.1 Å². The molecule has 17 heteroatoms. The second-order valence-corrected chi connectivity index (χ2v) is 14.6. The van der Waals surface area contributed by atoms with Gasteiger partial charge in [0.2, 0.25) is 0 Å². The van der Waals surface area contributed by atoms with E-state index in [1.807, 2.05) is 6.92 Å². The van der Waals surface area contributed by atoms with Crippen LogP contribution in [0.1, 0.15) is 52.5 Å². The third kappa shape index (κ3) is 10.3. The van der Waals surface area contributed by atoms with Gasteiger partial charge in [0.05, 0.1) is 0 Å². The van der Waals surface area contributed by atoms with Gasteiger partial charge >= 0.3 is 221 Å². The molecule has 11 nitrogen and oxygen atoms in total. The molecule has 1 unspecified atom stereocenters. The van der Waals surface area contributed by atoms with Crippen LogP contribution in [0.4, 0.5) is 19.4 Å². The van der Waals surface area contributed by atoms with Gasteiger partial charge in [0.25, 0.3) is 0 Å². The summed E-state index contributed by atoms with van der Waals surface area (Å²) in [6.45, 7) is 7.21. The second kappa shape index (κ2) is 17.8. The van der Waals surface area contributed by atoms with Crippen molar-refractivity contribution in [1.29, 1.82) is 0 Å². The number of carbonyl (C=O) groups is 1. The van der Waals surface area contributed by atoms with Crippen molar-refractivity contribution >= 4 is 92.6 Å². The maximum absolute atomic E-state index is 16.7. The average molecular weight is 926 g/mol. The molecular weight excluding hydrogens is 888 g/mol. The monoisotopic (exact) mass is 926 g/mol. The Bertz CT molecular complexity index is 2010. The van der Waals surface area contributed by atoms with Crippen LogP contribution in [0.15, 0.2) is 35.6 Å². The van der Waals surface area contributed by atoms with E-state index in [-0.39, 0.29) is 102 Å². The van der Waals surface area contributed by atoms with Crippen molar-refractivity contribution < 1.29 is 36.2 Å². The zero-order valence-corrected chi connectivity index (χ0v) is 35.7. The van der Waals surface area contributed by atoms with Crippen molar-refractivity contribution in [2.75, 3.05) is 32.1 Å². The second-order valence-electron chi connectivity index (χ2n) is 11.6. The number of nitrogens with one attached hydrogen (secondary N) is 1. The zero-order valence-electron chi connectivity index (χ0n) is 28.1.